The first-order valence-electron chi connectivity index (χ1n) is 7.04. The summed E-state index contributed by atoms with van der Waals surface area (Å²) in [4.78, 5) is 19.5. The van der Waals surface area contributed by atoms with Gasteiger partial charge in [-0.25, -0.2) is 4.79 Å². The van der Waals surface area contributed by atoms with Crippen LogP contribution in [0.3, 0.4) is 0 Å². The summed E-state index contributed by atoms with van der Waals surface area (Å²) < 4.78 is 17.2. The van der Waals surface area contributed by atoms with Gasteiger partial charge < -0.3 is 19.0 Å². The highest BCUT2D eigenvalue weighted by Gasteiger charge is 2.39. The van der Waals surface area contributed by atoms with Crippen molar-refractivity contribution < 1.29 is 27.8 Å². The average molecular weight is 309 g/mol. The Balaban J connectivity index is 4.20. The van der Waals surface area contributed by atoms with Crippen molar-refractivity contribution in [3.8, 4) is 0 Å². The van der Waals surface area contributed by atoms with Gasteiger partial charge in [-0.15, -0.1) is 0 Å². The van der Waals surface area contributed by atoms with E-state index in [0.717, 1.165) is 6.42 Å². The second kappa shape index (κ2) is 11.0. The van der Waals surface area contributed by atoms with Gasteiger partial charge in [-0.1, -0.05) is 0 Å². The van der Waals surface area contributed by atoms with Crippen molar-refractivity contribution in [2.45, 2.75) is 52.7 Å². The molecule has 2 N–H and O–H groups in total. The van der Waals surface area contributed by atoms with Crippen molar-refractivity contribution in [2.75, 3.05) is 19.8 Å². The summed E-state index contributed by atoms with van der Waals surface area (Å²) >= 11 is 0. The molecule has 0 aromatic rings. The van der Waals surface area contributed by atoms with E-state index in [4.69, 9.17) is 23.9 Å². The third-order valence-electron chi connectivity index (χ3n) is 2.48. The van der Waals surface area contributed by atoms with Crippen LogP contribution in [-0.4, -0.2) is 40.8 Å². The van der Waals surface area contributed by atoms with E-state index in [0.29, 0.717) is 32.3 Å². The monoisotopic (exact) mass is 309 g/mol. The molecule has 8 heteroatoms. The fraction of sp³-hybridized carbons (Fsp3) is 0.917. The zero-order chi connectivity index (χ0) is 15.4. The molecule has 0 aliphatic rings. The van der Waals surface area contributed by atoms with E-state index in [1.54, 1.807) is 6.92 Å². The Labute approximate surface area is 122 Å². The van der Waals surface area contributed by atoms with Gasteiger partial charge >= 0.3 is 14.9 Å². The zero-order valence-electron chi connectivity index (χ0n) is 12.8. The first kappa shape index (κ1) is 19.3. The standard InChI is InChI=1S/C12H27NO6Si/c1-5-15-20(16-6-2,17-7-3)10-8-9-11(4)18-19-12(13)14/h11H,5-10H2,1-4H3,(H2,13,14). The van der Waals surface area contributed by atoms with Crippen LogP contribution in [0.2, 0.25) is 6.04 Å². The molecule has 1 amide bonds. The van der Waals surface area contributed by atoms with Gasteiger partial charge in [-0.05, 0) is 40.5 Å². The van der Waals surface area contributed by atoms with E-state index in [1.807, 2.05) is 20.8 Å². The number of amides is 1. The SMILES string of the molecule is CCO[Si](CCCC(C)OOC(N)=O)(OCC)OCC. The van der Waals surface area contributed by atoms with E-state index in [-0.39, 0.29) is 6.10 Å². The number of hydrogen-bond acceptors (Lipinski definition) is 6. The maximum absolute atomic E-state index is 10.4. The van der Waals surface area contributed by atoms with E-state index in [1.165, 1.54) is 0 Å². The van der Waals surface area contributed by atoms with Gasteiger partial charge in [0, 0.05) is 25.9 Å². The molecule has 0 aliphatic heterocycles. The Morgan fingerprint density at radius 1 is 1.10 bits per heavy atom. The molecule has 120 valence electrons. The lowest BCUT2D eigenvalue weighted by molar-refractivity contribution is -0.267. The smallest absolute Gasteiger partial charge is 0.374 e. The van der Waals surface area contributed by atoms with Crippen LogP contribution in [0.15, 0.2) is 0 Å². The molecule has 0 saturated carbocycles. The van der Waals surface area contributed by atoms with Crippen molar-refractivity contribution in [3.63, 3.8) is 0 Å². The van der Waals surface area contributed by atoms with Gasteiger partial charge in [0.2, 0.25) is 0 Å². The van der Waals surface area contributed by atoms with Crippen LogP contribution in [0.1, 0.15) is 40.5 Å². The van der Waals surface area contributed by atoms with Gasteiger partial charge in [0.25, 0.3) is 0 Å². The molecule has 0 saturated heterocycles. The summed E-state index contributed by atoms with van der Waals surface area (Å²) in [5, 5.41) is 0. The summed E-state index contributed by atoms with van der Waals surface area (Å²) in [5.74, 6) is 0. The lowest BCUT2D eigenvalue weighted by Gasteiger charge is -2.28. The van der Waals surface area contributed by atoms with E-state index < -0.39 is 14.9 Å². The third-order valence-corrected chi connectivity index (χ3v) is 5.63. The minimum Gasteiger partial charge on any atom is -0.374 e. The maximum atomic E-state index is 10.4. The second-order valence-electron chi connectivity index (χ2n) is 4.18. The van der Waals surface area contributed by atoms with Gasteiger partial charge in [-0.3, -0.25) is 4.89 Å². The van der Waals surface area contributed by atoms with Crippen LogP contribution in [0.5, 0.6) is 0 Å². The van der Waals surface area contributed by atoms with Crippen molar-refractivity contribution in [1.82, 2.24) is 0 Å². The number of rotatable bonds is 12. The first-order chi connectivity index (χ1) is 9.49. The molecular weight excluding hydrogens is 282 g/mol. The number of nitrogens with two attached hydrogens (primary N) is 1. The molecule has 1 atom stereocenters. The summed E-state index contributed by atoms with van der Waals surface area (Å²) in [6.07, 6.45) is 0.294. The Morgan fingerprint density at radius 3 is 2.00 bits per heavy atom. The molecule has 0 radical (unpaired) electrons. The molecule has 0 aromatic carbocycles. The minimum absolute atomic E-state index is 0.237. The lowest BCUT2D eigenvalue weighted by atomic mass is 10.2. The Bertz CT molecular complexity index is 249. The minimum atomic E-state index is -2.60. The first-order valence-corrected chi connectivity index (χ1v) is 8.97. The number of carbonyl (C=O) groups excluding carboxylic acids is 1. The van der Waals surface area contributed by atoms with Gasteiger partial charge in [0.15, 0.2) is 0 Å². The molecule has 20 heavy (non-hydrogen) atoms. The van der Waals surface area contributed by atoms with Gasteiger partial charge in [0.05, 0.1) is 0 Å². The van der Waals surface area contributed by atoms with Crippen molar-refractivity contribution in [2.24, 2.45) is 5.73 Å². The zero-order valence-corrected chi connectivity index (χ0v) is 13.8. The molecule has 0 heterocycles. The molecular formula is C12H27NO6Si. The topological polar surface area (TPSA) is 89.2 Å². The third kappa shape index (κ3) is 8.49. The summed E-state index contributed by atoms with van der Waals surface area (Å²) in [7, 11) is -2.60. The predicted octanol–water partition coefficient (Wildman–Crippen LogP) is 2.23. The molecule has 0 aromatic heterocycles. The molecule has 0 rings (SSSR count). The van der Waals surface area contributed by atoms with E-state index in [9.17, 15) is 4.79 Å². The summed E-state index contributed by atoms with van der Waals surface area (Å²) in [6.45, 7) is 9.24. The fourth-order valence-corrected chi connectivity index (χ4v) is 4.42. The van der Waals surface area contributed by atoms with Crippen molar-refractivity contribution in [1.29, 1.82) is 0 Å². The molecule has 0 aliphatic carbocycles. The highest BCUT2D eigenvalue weighted by Crippen LogP contribution is 2.20. The van der Waals surface area contributed by atoms with Gasteiger partial charge in [-0.2, -0.15) is 4.89 Å². The normalized spacial score (nSPS) is 13.2. The largest absolute Gasteiger partial charge is 0.500 e. The van der Waals surface area contributed by atoms with Crippen molar-refractivity contribution in [3.05, 3.63) is 0 Å². The van der Waals surface area contributed by atoms with Crippen LogP contribution in [-0.2, 0) is 23.1 Å². The van der Waals surface area contributed by atoms with E-state index >= 15 is 0 Å². The van der Waals surface area contributed by atoms with Gasteiger partial charge in [0.1, 0.15) is 6.10 Å². The molecule has 7 nitrogen and oxygen atoms in total. The maximum Gasteiger partial charge on any atom is 0.500 e. The van der Waals surface area contributed by atoms with Crippen LogP contribution in [0, 0.1) is 0 Å². The lowest BCUT2D eigenvalue weighted by Crippen LogP contribution is -2.46. The highest BCUT2D eigenvalue weighted by molar-refractivity contribution is 6.60. The second-order valence-corrected chi connectivity index (χ2v) is 6.92. The highest BCUT2D eigenvalue weighted by atomic mass is 28.4. The fourth-order valence-electron chi connectivity index (χ4n) is 1.78. The molecule has 0 fully saturated rings. The Morgan fingerprint density at radius 2 is 1.60 bits per heavy atom. The number of primary amides is 1. The summed E-state index contributed by atoms with van der Waals surface area (Å²) in [6, 6.07) is 0.701. The van der Waals surface area contributed by atoms with Crippen LogP contribution in [0.25, 0.3) is 0 Å². The predicted molar refractivity (Wildman–Crippen MR) is 75.9 cm³/mol. The van der Waals surface area contributed by atoms with Crippen molar-refractivity contribution >= 4 is 14.9 Å². The quantitative estimate of drug-likeness (QED) is 0.338. The average Bonchev–Trinajstić information content (AvgIpc) is 2.37. The Hall–Kier alpha value is -0.673. The Kier molecular flexibility index (Phi) is 10.7. The van der Waals surface area contributed by atoms with Crippen LogP contribution < -0.4 is 5.73 Å². The van der Waals surface area contributed by atoms with Crippen LogP contribution in [0.4, 0.5) is 4.79 Å². The van der Waals surface area contributed by atoms with Crippen LogP contribution >= 0.6 is 0 Å². The molecule has 1 unspecified atom stereocenters. The summed E-state index contributed by atoms with van der Waals surface area (Å²) in [5.41, 5.74) is 4.82. The molecule has 0 spiro atoms. The van der Waals surface area contributed by atoms with E-state index in [2.05, 4.69) is 4.89 Å². The number of hydrogen-bond donors (Lipinski definition) is 1. The number of carbonyl (C=O) groups is 1. The molecule has 0 bridgehead atoms.